The summed E-state index contributed by atoms with van der Waals surface area (Å²) in [6, 6.07) is 15.7. The number of nitrogens with two attached hydrogens (primary N) is 1. The average molecular weight is 321 g/mol. The molecule has 24 heavy (non-hydrogen) atoms. The minimum Gasteiger partial charge on any atom is -0.361 e. The predicted molar refractivity (Wildman–Crippen MR) is 97.6 cm³/mol. The minimum absolute atomic E-state index is 0.0400. The van der Waals surface area contributed by atoms with E-state index in [4.69, 9.17) is 5.73 Å². The molecule has 1 heterocycles. The molecule has 0 aliphatic carbocycles. The first kappa shape index (κ1) is 16.3. The van der Waals surface area contributed by atoms with Crippen LogP contribution in [0.3, 0.4) is 0 Å². The van der Waals surface area contributed by atoms with Gasteiger partial charge in [0.2, 0.25) is 5.91 Å². The lowest BCUT2D eigenvalue weighted by molar-refractivity contribution is -0.131. The number of hydrogen-bond acceptors (Lipinski definition) is 2. The molecular formula is C20H23N3O. The topological polar surface area (TPSA) is 62.1 Å². The predicted octanol–water partition coefficient (Wildman–Crippen LogP) is 3.00. The summed E-state index contributed by atoms with van der Waals surface area (Å²) in [7, 11) is 1.81. The molecule has 0 saturated heterocycles. The largest absolute Gasteiger partial charge is 0.361 e. The zero-order valence-corrected chi connectivity index (χ0v) is 14.1. The molecule has 0 spiro atoms. The number of rotatable bonds is 5. The van der Waals surface area contributed by atoms with E-state index < -0.39 is 6.04 Å². The molecule has 124 valence electrons. The molecule has 0 fully saturated rings. The van der Waals surface area contributed by atoms with E-state index in [9.17, 15) is 4.79 Å². The number of para-hydroxylation sites is 1. The van der Waals surface area contributed by atoms with E-state index in [1.165, 1.54) is 5.56 Å². The zero-order chi connectivity index (χ0) is 17.1. The Morgan fingerprint density at radius 3 is 2.79 bits per heavy atom. The third-order valence-electron chi connectivity index (χ3n) is 4.31. The molecular weight excluding hydrogens is 298 g/mol. The summed E-state index contributed by atoms with van der Waals surface area (Å²) in [6.45, 7) is 2.62. The van der Waals surface area contributed by atoms with Gasteiger partial charge in [-0.3, -0.25) is 4.79 Å². The summed E-state index contributed by atoms with van der Waals surface area (Å²) in [5.41, 5.74) is 10.6. The molecule has 0 aliphatic heterocycles. The maximum absolute atomic E-state index is 12.6. The van der Waals surface area contributed by atoms with E-state index in [0.717, 1.165) is 22.0 Å². The van der Waals surface area contributed by atoms with E-state index in [1.807, 2.05) is 49.5 Å². The van der Waals surface area contributed by atoms with Gasteiger partial charge in [0.1, 0.15) is 0 Å². The highest BCUT2D eigenvalue weighted by Gasteiger charge is 2.20. The van der Waals surface area contributed by atoms with Crippen LogP contribution in [-0.2, 0) is 17.8 Å². The molecule has 4 nitrogen and oxygen atoms in total. The first-order chi connectivity index (χ1) is 11.5. The van der Waals surface area contributed by atoms with Crippen LogP contribution in [0.25, 0.3) is 10.9 Å². The van der Waals surface area contributed by atoms with E-state index in [1.54, 1.807) is 11.9 Å². The lowest BCUT2D eigenvalue weighted by atomic mass is 10.0. The van der Waals surface area contributed by atoms with Crippen LogP contribution in [0.2, 0.25) is 0 Å². The fourth-order valence-corrected chi connectivity index (χ4v) is 3.07. The number of carbonyl (C=O) groups excluding carboxylic acids is 1. The third-order valence-corrected chi connectivity index (χ3v) is 4.31. The van der Waals surface area contributed by atoms with Crippen molar-refractivity contribution in [2.45, 2.75) is 25.9 Å². The number of aromatic amines is 1. The number of carbonyl (C=O) groups is 1. The third kappa shape index (κ3) is 3.49. The van der Waals surface area contributed by atoms with Gasteiger partial charge in [0.05, 0.1) is 6.04 Å². The number of H-pyrrole nitrogens is 1. The van der Waals surface area contributed by atoms with Crippen molar-refractivity contribution in [3.05, 3.63) is 71.4 Å². The molecule has 0 radical (unpaired) electrons. The van der Waals surface area contributed by atoms with E-state index in [-0.39, 0.29) is 5.91 Å². The van der Waals surface area contributed by atoms with Gasteiger partial charge < -0.3 is 15.6 Å². The maximum atomic E-state index is 12.6. The monoisotopic (exact) mass is 321 g/mol. The number of benzene rings is 2. The summed E-state index contributed by atoms with van der Waals surface area (Å²) in [6.07, 6.45) is 2.47. The number of likely N-dealkylation sites (N-methyl/N-ethyl adjacent to an activating group) is 1. The number of aromatic nitrogens is 1. The van der Waals surface area contributed by atoms with Crippen LogP contribution in [0.15, 0.2) is 54.7 Å². The van der Waals surface area contributed by atoms with Crippen molar-refractivity contribution in [3.63, 3.8) is 0 Å². The normalized spacial score (nSPS) is 12.3. The van der Waals surface area contributed by atoms with Gasteiger partial charge in [-0.1, -0.05) is 48.0 Å². The Labute approximate surface area is 142 Å². The van der Waals surface area contributed by atoms with Crippen molar-refractivity contribution in [2.75, 3.05) is 7.05 Å². The summed E-state index contributed by atoms with van der Waals surface area (Å²) in [4.78, 5) is 17.5. The number of fused-ring (bicyclic) bond motifs is 1. The van der Waals surface area contributed by atoms with Gasteiger partial charge in [-0.15, -0.1) is 0 Å². The standard InChI is InChI=1S/C20H23N3O/c1-14-6-5-7-15(10-14)13-23(2)20(24)18(21)11-16-12-22-19-9-4-3-8-17(16)19/h3-10,12,18,22H,11,13,21H2,1-2H3/t18-/m0/s1. The van der Waals surface area contributed by atoms with Crippen LogP contribution in [0.5, 0.6) is 0 Å². The number of nitrogens with zero attached hydrogens (tertiary/aromatic N) is 1. The number of aryl methyl sites for hydroxylation is 1. The lowest BCUT2D eigenvalue weighted by Crippen LogP contribution is -2.42. The Kier molecular flexibility index (Phi) is 4.67. The molecule has 2 aromatic carbocycles. The van der Waals surface area contributed by atoms with Crippen molar-refractivity contribution in [1.29, 1.82) is 0 Å². The van der Waals surface area contributed by atoms with Crippen molar-refractivity contribution >= 4 is 16.8 Å². The van der Waals surface area contributed by atoms with E-state index in [0.29, 0.717) is 13.0 Å². The van der Waals surface area contributed by atoms with Crippen molar-refractivity contribution in [3.8, 4) is 0 Å². The number of hydrogen-bond donors (Lipinski definition) is 2. The summed E-state index contributed by atoms with van der Waals surface area (Å²) < 4.78 is 0. The first-order valence-corrected chi connectivity index (χ1v) is 8.15. The molecule has 1 atom stereocenters. The van der Waals surface area contributed by atoms with E-state index >= 15 is 0 Å². The molecule has 0 saturated carbocycles. The van der Waals surface area contributed by atoms with Gasteiger partial charge in [-0.25, -0.2) is 0 Å². The SMILES string of the molecule is Cc1cccc(CN(C)C(=O)[C@@H](N)Cc2c[nH]c3ccccc23)c1. The van der Waals surface area contributed by atoms with Gasteiger partial charge in [0.15, 0.2) is 0 Å². The number of amides is 1. The summed E-state index contributed by atoms with van der Waals surface area (Å²) in [5, 5.41) is 1.13. The fraction of sp³-hybridized carbons (Fsp3) is 0.250. The van der Waals surface area contributed by atoms with Crippen LogP contribution in [0.1, 0.15) is 16.7 Å². The minimum atomic E-state index is -0.543. The van der Waals surface area contributed by atoms with Crippen molar-refractivity contribution in [2.24, 2.45) is 5.73 Å². The Morgan fingerprint density at radius 1 is 1.21 bits per heavy atom. The Balaban J connectivity index is 1.67. The summed E-state index contributed by atoms with van der Waals surface area (Å²) in [5.74, 6) is -0.0400. The molecule has 0 bridgehead atoms. The Hall–Kier alpha value is -2.59. The summed E-state index contributed by atoms with van der Waals surface area (Å²) >= 11 is 0. The maximum Gasteiger partial charge on any atom is 0.239 e. The van der Waals surface area contributed by atoms with Crippen molar-refractivity contribution in [1.82, 2.24) is 9.88 Å². The number of nitrogens with one attached hydrogen (secondary N) is 1. The first-order valence-electron chi connectivity index (χ1n) is 8.15. The van der Waals surface area contributed by atoms with Gasteiger partial charge >= 0.3 is 0 Å². The van der Waals surface area contributed by atoms with Gasteiger partial charge in [0, 0.05) is 30.7 Å². The second-order valence-corrected chi connectivity index (χ2v) is 6.35. The zero-order valence-electron chi connectivity index (χ0n) is 14.1. The molecule has 1 aromatic heterocycles. The van der Waals surface area contributed by atoms with Crippen molar-refractivity contribution < 1.29 is 4.79 Å². The molecule has 1 amide bonds. The van der Waals surface area contributed by atoms with Crippen LogP contribution < -0.4 is 5.73 Å². The lowest BCUT2D eigenvalue weighted by Gasteiger charge is -2.21. The van der Waals surface area contributed by atoms with E-state index in [2.05, 4.69) is 17.1 Å². The van der Waals surface area contributed by atoms with Crippen LogP contribution in [0.4, 0.5) is 0 Å². The highest BCUT2D eigenvalue weighted by Crippen LogP contribution is 2.19. The quantitative estimate of drug-likeness (QED) is 0.759. The van der Waals surface area contributed by atoms with Gasteiger partial charge in [-0.05, 0) is 30.5 Å². The Morgan fingerprint density at radius 2 is 2.00 bits per heavy atom. The van der Waals surface area contributed by atoms with Crippen LogP contribution in [0, 0.1) is 6.92 Å². The molecule has 0 aliphatic rings. The molecule has 3 rings (SSSR count). The van der Waals surface area contributed by atoms with Crippen LogP contribution in [-0.4, -0.2) is 28.9 Å². The smallest absolute Gasteiger partial charge is 0.239 e. The molecule has 3 aromatic rings. The molecule has 3 N–H and O–H groups in total. The van der Waals surface area contributed by atoms with Gasteiger partial charge in [0.25, 0.3) is 0 Å². The van der Waals surface area contributed by atoms with Gasteiger partial charge in [-0.2, -0.15) is 0 Å². The second-order valence-electron chi connectivity index (χ2n) is 6.35. The second kappa shape index (κ2) is 6.89. The molecule has 0 unspecified atom stereocenters. The molecule has 4 heteroatoms. The Bertz CT molecular complexity index is 853. The highest BCUT2D eigenvalue weighted by atomic mass is 16.2. The average Bonchev–Trinajstić information content (AvgIpc) is 2.97. The van der Waals surface area contributed by atoms with Crippen LogP contribution >= 0.6 is 0 Å². The fourth-order valence-electron chi connectivity index (χ4n) is 3.07. The highest BCUT2D eigenvalue weighted by molar-refractivity contribution is 5.86.